The van der Waals surface area contributed by atoms with Gasteiger partial charge in [-0.25, -0.2) is 4.79 Å². The van der Waals surface area contributed by atoms with Gasteiger partial charge in [0.2, 0.25) is 0 Å². The highest BCUT2D eigenvalue weighted by molar-refractivity contribution is 7.14. The lowest BCUT2D eigenvalue weighted by Gasteiger charge is -2.21. The molecular weight excluding hydrogens is 296 g/mol. The molecule has 1 amide bonds. The maximum Gasteiger partial charge on any atom is 0.328 e. The SMILES string of the molecule is CC[C@@H](C)[C@H](NC(=O)c1cc([N+](=O)[O-])c(C)s1)C(=O)OC. The second kappa shape index (κ2) is 7.16. The van der Waals surface area contributed by atoms with Gasteiger partial charge in [0.25, 0.3) is 11.6 Å². The maximum atomic E-state index is 12.2. The van der Waals surface area contributed by atoms with Gasteiger partial charge in [0.1, 0.15) is 6.04 Å². The van der Waals surface area contributed by atoms with Crippen LogP contribution in [0.3, 0.4) is 0 Å². The highest BCUT2D eigenvalue weighted by Crippen LogP contribution is 2.28. The third-order valence-electron chi connectivity index (χ3n) is 3.27. The number of thiophene rings is 1. The lowest BCUT2D eigenvalue weighted by Crippen LogP contribution is -2.45. The predicted octanol–water partition coefficient (Wildman–Crippen LogP) is 2.28. The van der Waals surface area contributed by atoms with E-state index in [0.29, 0.717) is 11.3 Å². The van der Waals surface area contributed by atoms with Gasteiger partial charge in [0, 0.05) is 6.07 Å². The summed E-state index contributed by atoms with van der Waals surface area (Å²) in [6.07, 6.45) is 0.684. The fourth-order valence-electron chi connectivity index (χ4n) is 1.77. The van der Waals surface area contributed by atoms with Crippen LogP contribution in [-0.4, -0.2) is 30.0 Å². The van der Waals surface area contributed by atoms with Crippen molar-refractivity contribution in [3.05, 3.63) is 25.9 Å². The first-order valence-electron chi connectivity index (χ1n) is 6.45. The number of amides is 1. The number of hydrogen-bond donors (Lipinski definition) is 1. The van der Waals surface area contributed by atoms with Crippen LogP contribution in [0.2, 0.25) is 0 Å². The Labute approximate surface area is 126 Å². The lowest BCUT2D eigenvalue weighted by molar-refractivity contribution is -0.385. The summed E-state index contributed by atoms with van der Waals surface area (Å²) in [5.74, 6) is -1.13. The molecule has 1 aromatic heterocycles. The van der Waals surface area contributed by atoms with Gasteiger partial charge < -0.3 is 10.1 Å². The van der Waals surface area contributed by atoms with Crippen molar-refractivity contribution in [2.45, 2.75) is 33.2 Å². The number of methoxy groups -OCH3 is 1. The Balaban J connectivity index is 2.94. The molecule has 1 N–H and O–H groups in total. The zero-order chi connectivity index (χ0) is 16.2. The number of hydrogen-bond acceptors (Lipinski definition) is 6. The van der Waals surface area contributed by atoms with Gasteiger partial charge in [-0.2, -0.15) is 0 Å². The molecule has 0 aliphatic carbocycles. The minimum Gasteiger partial charge on any atom is -0.467 e. The van der Waals surface area contributed by atoms with Gasteiger partial charge in [0.05, 0.1) is 21.8 Å². The molecule has 1 aromatic rings. The van der Waals surface area contributed by atoms with Crippen molar-refractivity contribution in [3.63, 3.8) is 0 Å². The fraction of sp³-hybridized carbons (Fsp3) is 0.538. The molecule has 2 atom stereocenters. The number of nitro groups is 1. The van der Waals surface area contributed by atoms with Crippen molar-refractivity contribution < 1.29 is 19.2 Å². The van der Waals surface area contributed by atoms with Crippen LogP contribution in [0, 0.1) is 23.0 Å². The van der Waals surface area contributed by atoms with E-state index in [9.17, 15) is 19.7 Å². The summed E-state index contributed by atoms with van der Waals surface area (Å²) in [5.41, 5.74) is -0.0942. The van der Waals surface area contributed by atoms with Gasteiger partial charge in [-0.15, -0.1) is 11.3 Å². The number of carbonyl (C=O) groups excluding carboxylic acids is 2. The monoisotopic (exact) mass is 314 g/mol. The van der Waals surface area contributed by atoms with E-state index in [1.54, 1.807) is 6.92 Å². The molecule has 0 spiro atoms. The number of esters is 1. The average Bonchev–Trinajstić information content (AvgIpc) is 2.85. The first-order chi connectivity index (χ1) is 9.81. The summed E-state index contributed by atoms with van der Waals surface area (Å²) in [6.45, 7) is 5.29. The quantitative estimate of drug-likeness (QED) is 0.493. The highest BCUT2D eigenvalue weighted by Gasteiger charge is 2.28. The molecule has 1 heterocycles. The molecule has 0 fully saturated rings. The maximum absolute atomic E-state index is 12.2. The number of aryl methyl sites for hydroxylation is 1. The van der Waals surface area contributed by atoms with Crippen LogP contribution in [-0.2, 0) is 9.53 Å². The normalized spacial score (nSPS) is 13.3. The number of carbonyl (C=O) groups is 2. The Morgan fingerprint density at radius 1 is 1.52 bits per heavy atom. The summed E-state index contributed by atoms with van der Waals surface area (Å²) < 4.78 is 4.68. The first kappa shape index (κ1) is 17.1. The third-order valence-corrected chi connectivity index (χ3v) is 4.31. The Morgan fingerprint density at radius 2 is 2.14 bits per heavy atom. The largest absolute Gasteiger partial charge is 0.467 e. The van der Waals surface area contributed by atoms with Gasteiger partial charge in [-0.1, -0.05) is 20.3 Å². The molecule has 0 saturated heterocycles. The molecule has 0 aliphatic heterocycles. The van der Waals surface area contributed by atoms with E-state index < -0.39 is 22.8 Å². The number of ether oxygens (including phenoxy) is 1. The molecular formula is C13H18N2O5S. The van der Waals surface area contributed by atoms with Crippen molar-refractivity contribution in [2.24, 2.45) is 5.92 Å². The Bertz CT molecular complexity index is 555. The van der Waals surface area contributed by atoms with E-state index in [1.807, 2.05) is 13.8 Å². The Kier molecular flexibility index (Phi) is 5.83. The fourth-order valence-corrected chi connectivity index (χ4v) is 2.66. The zero-order valence-electron chi connectivity index (χ0n) is 12.3. The van der Waals surface area contributed by atoms with E-state index in [2.05, 4.69) is 10.1 Å². The van der Waals surface area contributed by atoms with Gasteiger partial charge in [-0.05, 0) is 12.8 Å². The van der Waals surface area contributed by atoms with Crippen LogP contribution in [0.25, 0.3) is 0 Å². The van der Waals surface area contributed by atoms with Crippen LogP contribution < -0.4 is 5.32 Å². The van der Waals surface area contributed by atoms with E-state index in [-0.39, 0.29) is 16.5 Å². The molecule has 0 unspecified atom stereocenters. The molecule has 8 heteroatoms. The minimum absolute atomic E-state index is 0.0942. The number of rotatable bonds is 6. The van der Waals surface area contributed by atoms with E-state index in [4.69, 9.17) is 0 Å². The smallest absolute Gasteiger partial charge is 0.328 e. The summed E-state index contributed by atoms with van der Waals surface area (Å²) in [6, 6.07) is 0.453. The second-order valence-corrected chi connectivity index (χ2v) is 5.93. The molecule has 7 nitrogen and oxygen atoms in total. The van der Waals surface area contributed by atoms with Gasteiger partial charge in [-0.3, -0.25) is 14.9 Å². The Hall–Kier alpha value is -1.96. The Morgan fingerprint density at radius 3 is 2.57 bits per heavy atom. The third kappa shape index (κ3) is 4.01. The van der Waals surface area contributed by atoms with Gasteiger partial charge in [0.15, 0.2) is 0 Å². The van der Waals surface area contributed by atoms with Crippen molar-refractivity contribution in [3.8, 4) is 0 Å². The van der Waals surface area contributed by atoms with E-state index in [0.717, 1.165) is 11.3 Å². The van der Waals surface area contributed by atoms with Crippen molar-refractivity contribution in [1.82, 2.24) is 5.32 Å². The number of nitrogens with zero attached hydrogens (tertiary/aromatic N) is 1. The summed E-state index contributed by atoms with van der Waals surface area (Å²) in [5, 5.41) is 13.4. The second-order valence-electron chi connectivity index (χ2n) is 4.67. The van der Waals surface area contributed by atoms with Crippen molar-refractivity contribution >= 4 is 28.9 Å². The lowest BCUT2D eigenvalue weighted by atomic mass is 9.99. The molecule has 0 radical (unpaired) electrons. The highest BCUT2D eigenvalue weighted by atomic mass is 32.1. The van der Waals surface area contributed by atoms with Crippen LogP contribution in [0.1, 0.15) is 34.8 Å². The molecule has 116 valence electrons. The minimum atomic E-state index is -0.769. The van der Waals surface area contributed by atoms with Crippen LogP contribution >= 0.6 is 11.3 Å². The van der Waals surface area contributed by atoms with Gasteiger partial charge >= 0.3 is 5.97 Å². The summed E-state index contributed by atoms with van der Waals surface area (Å²) in [7, 11) is 1.25. The molecule has 0 saturated carbocycles. The molecule has 21 heavy (non-hydrogen) atoms. The summed E-state index contributed by atoms with van der Waals surface area (Å²) >= 11 is 1.03. The van der Waals surface area contributed by atoms with Crippen molar-refractivity contribution in [2.75, 3.05) is 7.11 Å². The number of nitrogens with one attached hydrogen (secondary N) is 1. The van der Waals surface area contributed by atoms with Crippen LogP contribution in [0.5, 0.6) is 0 Å². The topological polar surface area (TPSA) is 98.5 Å². The molecule has 0 bridgehead atoms. The van der Waals surface area contributed by atoms with Crippen LogP contribution in [0.4, 0.5) is 5.69 Å². The predicted molar refractivity (Wildman–Crippen MR) is 78.4 cm³/mol. The molecule has 1 rings (SSSR count). The standard InChI is InChI=1S/C13H18N2O5S/c1-5-7(2)11(13(17)20-4)14-12(16)10-6-9(15(18)19)8(3)21-10/h6-7,11H,5H2,1-4H3,(H,14,16)/t7-,11+/m1/s1. The van der Waals surface area contributed by atoms with Crippen LogP contribution in [0.15, 0.2) is 6.07 Å². The summed E-state index contributed by atoms with van der Waals surface area (Å²) in [4.78, 5) is 34.8. The average molecular weight is 314 g/mol. The molecule has 0 aromatic carbocycles. The zero-order valence-corrected chi connectivity index (χ0v) is 13.2. The van der Waals surface area contributed by atoms with E-state index >= 15 is 0 Å². The molecule has 0 aliphatic rings. The van der Waals surface area contributed by atoms with Crippen molar-refractivity contribution in [1.29, 1.82) is 0 Å². The van der Waals surface area contributed by atoms with E-state index in [1.165, 1.54) is 13.2 Å². The first-order valence-corrected chi connectivity index (χ1v) is 7.26.